The van der Waals surface area contributed by atoms with E-state index in [0.29, 0.717) is 5.56 Å². The number of nitrogens with one attached hydrogen (secondary N) is 1. The predicted octanol–water partition coefficient (Wildman–Crippen LogP) is 1.18. The average Bonchev–Trinajstić information content (AvgIpc) is 2.98. The van der Waals surface area contributed by atoms with Crippen molar-refractivity contribution in [3.05, 3.63) is 33.6 Å². The molecule has 0 atom stereocenters. The Hall–Kier alpha value is -0.800. The second kappa shape index (κ2) is 5.23. The SMILES string of the molecule is O=S(=O)(NCc1cncs1)c1cc(CO)cs1. The standard InChI is InChI=1S/C9H10N2O3S3/c12-4-7-1-9(15-5-7)17(13,14)11-3-8-2-10-6-16-8/h1-2,5-6,11-12H,3-4H2. The molecule has 2 aromatic heterocycles. The van der Waals surface area contributed by atoms with Gasteiger partial charge in [0.15, 0.2) is 0 Å². The highest BCUT2D eigenvalue weighted by Crippen LogP contribution is 2.20. The van der Waals surface area contributed by atoms with Crippen molar-refractivity contribution in [2.45, 2.75) is 17.4 Å². The van der Waals surface area contributed by atoms with E-state index < -0.39 is 10.0 Å². The van der Waals surface area contributed by atoms with Gasteiger partial charge in [-0.1, -0.05) is 0 Å². The van der Waals surface area contributed by atoms with Gasteiger partial charge < -0.3 is 5.11 Å². The van der Waals surface area contributed by atoms with Crippen LogP contribution in [0, 0.1) is 0 Å². The number of hydrogen-bond donors (Lipinski definition) is 2. The molecule has 0 aliphatic heterocycles. The lowest BCUT2D eigenvalue weighted by Gasteiger charge is -2.01. The van der Waals surface area contributed by atoms with Crippen LogP contribution in [0.4, 0.5) is 0 Å². The van der Waals surface area contributed by atoms with Gasteiger partial charge in [0.05, 0.1) is 12.1 Å². The van der Waals surface area contributed by atoms with Gasteiger partial charge in [-0.2, -0.15) is 0 Å². The molecule has 92 valence electrons. The van der Waals surface area contributed by atoms with E-state index in [1.54, 1.807) is 17.1 Å². The van der Waals surface area contributed by atoms with E-state index in [-0.39, 0.29) is 17.4 Å². The van der Waals surface area contributed by atoms with Crippen molar-refractivity contribution in [1.29, 1.82) is 0 Å². The largest absolute Gasteiger partial charge is 0.392 e. The van der Waals surface area contributed by atoms with Crippen molar-refractivity contribution >= 4 is 32.7 Å². The average molecular weight is 290 g/mol. The molecule has 0 saturated carbocycles. The van der Waals surface area contributed by atoms with Crippen LogP contribution < -0.4 is 4.72 Å². The topological polar surface area (TPSA) is 79.3 Å². The molecule has 0 spiro atoms. The third kappa shape index (κ3) is 3.11. The highest BCUT2D eigenvalue weighted by atomic mass is 32.2. The van der Waals surface area contributed by atoms with Gasteiger partial charge in [-0.15, -0.1) is 22.7 Å². The first-order valence-electron chi connectivity index (χ1n) is 4.67. The number of hydrogen-bond acceptors (Lipinski definition) is 6. The van der Waals surface area contributed by atoms with E-state index in [1.165, 1.54) is 17.4 Å². The third-order valence-electron chi connectivity index (χ3n) is 2.00. The maximum absolute atomic E-state index is 11.9. The monoisotopic (exact) mass is 290 g/mol. The highest BCUT2D eigenvalue weighted by molar-refractivity contribution is 7.91. The molecule has 0 fully saturated rings. The minimum absolute atomic E-state index is 0.152. The smallest absolute Gasteiger partial charge is 0.250 e. The molecule has 2 N–H and O–H groups in total. The fourth-order valence-electron chi connectivity index (χ4n) is 1.14. The summed E-state index contributed by atoms with van der Waals surface area (Å²) in [6.45, 7) is 0.0836. The summed E-state index contributed by atoms with van der Waals surface area (Å²) >= 11 is 2.49. The Labute approximate surface area is 107 Å². The lowest BCUT2D eigenvalue weighted by molar-refractivity contribution is 0.282. The van der Waals surface area contributed by atoms with Crippen molar-refractivity contribution in [3.63, 3.8) is 0 Å². The third-order valence-corrected chi connectivity index (χ3v) is 5.67. The van der Waals surface area contributed by atoms with Gasteiger partial charge in [0.25, 0.3) is 0 Å². The zero-order chi connectivity index (χ0) is 12.3. The molecule has 0 bridgehead atoms. The summed E-state index contributed by atoms with van der Waals surface area (Å²) in [6, 6.07) is 1.47. The lowest BCUT2D eigenvalue weighted by atomic mass is 10.4. The minimum atomic E-state index is -3.49. The number of thiophene rings is 1. The number of aromatic nitrogens is 1. The molecule has 2 rings (SSSR count). The van der Waals surface area contributed by atoms with Crippen molar-refractivity contribution in [3.8, 4) is 0 Å². The zero-order valence-corrected chi connectivity index (χ0v) is 11.1. The first kappa shape index (κ1) is 12.7. The van der Waals surface area contributed by atoms with Crippen molar-refractivity contribution < 1.29 is 13.5 Å². The van der Waals surface area contributed by atoms with E-state index >= 15 is 0 Å². The van der Waals surface area contributed by atoms with Crippen LogP contribution in [-0.2, 0) is 23.2 Å². The fourth-order valence-corrected chi connectivity index (χ4v) is 4.02. The summed E-state index contributed by atoms with van der Waals surface area (Å²) < 4.78 is 26.4. The Balaban J connectivity index is 2.08. The normalized spacial score (nSPS) is 11.8. The van der Waals surface area contributed by atoms with E-state index in [1.807, 2.05) is 0 Å². The Morgan fingerprint density at radius 1 is 1.41 bits per heavy atom. The van der Waals surface area contributed by atoms with E-state index in [4.69, 9.17) is 5.11 Å². The van der Waals surface area contributed by atoms with Crippen molar-refractivity contribution in [1.82, 2.24) is 9.71 Å². The molecule has 0 radical (unpaired) electrons. The van der Waals surface area contributed by atoms with Crippen LogP contribution in [0.3, 0.4) is 0 Å². The van der Waals surface area contributed by atoms with Crippen LogP contribution >= 0.6 is 22.7 Å². The van der Waals surface area contributed by atoms with Gasteiger partial charge in [-0.25, -0.2) is 13.1 Å². The van der Waals surface area contributed by atoms with Gasteiger partial charge >= 0.3 is 0 Å². The lowest BCUT2D eigenvalue weighted by Crippen LogP contribution is -2.21. The first-order chi connectivity index (χ1) is 8.12. The minimum Gasteiger partial charge on any atom is -0.392 e. The Bertz CT molecular complexity index is 574. The number of thiazole rings is 1. The fraction of sp³-hybridized carbons (Fsp3) is 0.222. The van der Waals surface area contributed by atoms with Crippen LogP contribution in [0.15, 0.2) is 27.4 Å². The molecule has 17 heavy (non-hydrogen) atoms. The number of nitrogens with zero attached hydrogens (tertiary/aromatic N) is 1. The molecule has 2 heterocycles. The maximum atomic E-state index is 11.9. The number of aliphatic hydroxyl groups excluding tert-OH is 1. The van der Waals surface area contributed by atoms with Crippen LogP contribution in [0.2, 0.25) is 0 Å². The number of aliphatic hydroxyl groups is 1. The second-order valence-electron chi connectivity index (χ2n) is 3.22. The molecule has 0 amide bonds. The van der Waals surface area contributed by atoms with Crippen LogP contribution in [-0.4, -0.2) is 18.5 Å². The van der Waals surface area contributed by atoms with Crippen LogP contribution in [0.1, 0.15) is 10.4 Å². The molecule has 2 aromatic rings. The number of sulfonamides is 1. The molecule has 0 aliphatic rings. The molecular formula is C9H10N2O3S3. The van der Waals surface area contributed by atoms with Gasteiger partial charge in [-0.05, 0) is 17.0 Å². The molecule has 0 saturated heterocycles. The first-order valence-corrected chi connectivity index (χ1v) is 7.91. The molecule has 8 heteroatoms. The van der Waals surface area contributed by atoms with Crippen molar-refractivity contribution in [2.75, 3.05) is 0 Å². The van der Waals surface area contributed by atoms with Crippen molar-refractivity contribution in [2.24, 2.45) is 0 Å². The van der Waals surface area contributed by atoms with E-state index in [9.17, 15) is 8.42 Å². The van der Waals surface area contributed by atoms with Crippen LogP contribution in [0.25, 0.3) is 0 Å². The Morgan fingerprint density at radius 2 is 2.24 bits per heavy atom. The maximum Gasteiger partial charge on any atom is 0.250 e. The second-order valence-corrected chi connectivity index (χ2v) is 7.10. The van der Waals surface area contributed by atoms with Gasteiger partial charge in [0.1, 0.15) is 4.21 Å². The van der Waals surface area contributed by atoms with E-state index in [0.717, 1.165) is 16.2 Å². The molecule has 0 unspecified atom stereocenters. The van der Waals surface area contributed by atoms with E-state index in [2.05, 4.69) is 9.71 Å². The summed E-state index contributed by atoms with van der Waals surface area (Å²) in [5, 5.41) is 10.5. The van der Waals surface area contributed by atoms with Crippen LogP contribution in [0.5, 0.6) is 0 Å². The number of rotatable bonds is 5. The summed E-state index contributed by atoms with van der Waals surface area (Å²) in [7, 11) is -3.49. The summed E-state index contributed by atoms with van der Waals surface area (Å²) in [5.41, 5.74) is 2.26. The predicted molar refractivity (Wildman–Crippen MR) is 66.4 cm³/mol. The van der Waals surface area contributed by atoms with Gasteiger partial charge in [-0.3, -0.25) is 4.98 Å². The quantitative estimate of drug-likeness (QED) is 0.866. The zero-order valence-electron chi connectivity index (χ0n) is 8.66. The summed E-state index contributed by atoms with van der Waals surface area (Å²) in [4.78, 5) is 4.72. The summed E-state index contributed by atoms with van der Waals surface area (Å²) in [6.07, 6.45) is 1.63. The Kier molecular flexibility index (Phi) is 3.89. The molecule has 0 aliphatic carbocycles. The van der Waals surface area contributed by atoms with Gasteiger partial charge in [0.2, 0.25) is 10.0 Å². The summed E-state index contributed by atoms with van der Waals surface area (Å²) in [5.74, 6) is 0. The Morgan fingerprint density at radius 3 is 2.82 bits per heavy atom. The molecule has 0 aromatic carbocycles. The molecular weight excluding hydrogens is 280 g/mol. The molecule has 5 nitrogen and oxygen atoms in total. The highest BCUT2D eigenvalue weighted by Gasteiger charge is 2.16. The van der Waals surface area contributed by atoms with Gasteiger partial charge in [0, 0.05) is 17.6 Å².